The van der Waals surface area contributed by atoms with Crippen LogP contribution in [0, 0.1) is 17.3 Å². The summed E-state index contributed by atoms with van der Waals surface area (Å²) in [6.45, 7) is 9.18. The fraction of sp³-hybridized carbons (Fsp3) is 0.600. The van der Waals surface area contributed by atoms with Crippen LogP contribution in [0.4, 0.5) is 5.82 Å². The second kappa shape index (κ2) is 12.7. The second-order valence-electron chi connectivity index (χ2n) is 14.7. The SMILES string of the molecule is CC1CCC(NC(=O)c2cc3nc(Cc4c(Cl)ccc(CNC(=O)C(C)(C)C)c4Cl)n(C)c3nc2N(CC2CC2)C2CC2)CC1. The third kappa shape index (κ3) is 7.27. The van der Waals surface area contributed by atoms with E-state index < -0.39 is 5.41 Å². The molecule has 45 heavy (non-hydrogen) atoms. The van der Waals surface area contributed by atoms with Crippen molar-refractivity contribution in [2.24, 2.45) is 24.3 Å². The zero-order valence-electron chi connectivity index (χ0n) is 27.2. The van der Waals surface area contributed by atoms with Crippen molar-refractivity contribution in [1.82, 2.24) is 25.2 Å². The van der Waals surface area contributed by atoms with Gasteiger partial charge in [0.05, 0.1) is 10.6 Å². The van der Waals surface area contributed by atoms with Crippen LogP contribution < -0.4 is 15.5 Å². The number of aromatic nitrogens is 3. The van der Waals surface area contributed by atoms with E-state index in [0.29, 0.717) is 52.0 Å². The van der Waals surface area contributed by atoms with Crippen molar-refractivity contribution in [3.63, 3.8) is 0 Å². The molecule has 3 saturated carbocycles. The van der Waals surface area contributed by atoms with Crippen LogP contribution >= 0.6 is 23.2 Å². The van der Waals surface area contributed by atoms with Crippen LogP contribution in [0.25, 0.3) is 11.2 Å². The zero-order chi connectivity index (χ0) is 32.0. The highest BCUT2D eigenvalue weighted by atomic mass is 35.5. The first-order valence-electron chi connectivity index (χ1n) is 16.6. The highest BCUT2D eigenvalue weighted by molar-refractivity contribution is 6.36. The lowest BCUT2D eigenvalue weighted by Gasteiger charge is -2.29. The number of carbonyl (C=O) groups is 2. The molecule has 0 atom stereocenters. The molecule has 0 spiro atoms. The first-order chi connectivity index (χ1) is 21.4. The lowest BCUT2D eigenvalue weighted by atomic mass is 9.87. The highest BCUT2D eigenvalue weighted by Gasteiger charge is 2.37. The predicted molar refractivity (Wildman–Crippen MR) is 181 cm³/mol. The number of amides is 2. The van der Waals surface area contributed by atoms with Gasteiger partial charge in [0.2, 0.25) is 5.91 Å². The molecule has 0 bridgehead atoms. The normalized spacial score (nSPS) is 20.3. The molecule has 3 aliphatic carbocycles. The first-order valence-corrected chi connectivity index (χ1v) is 17.3. The number of pyridine rings is 1. The summed E-state index contributed by atoms with van der Waals surface area (Å²) in [4.78, 5) is 39.0. The molecule has 2 amide bonds. The number of carbonyl (C=O) groups excluding carboxylic acids is 2. The van der Waals surface area contributed by atoms with E-state index in [2.05, 4.69) is 22.5 Å². The van der Waals surface area contributed by atoms with Gasteiger partial charge >= 0.3 is 0 Å². The minimum Gasteiger partial charge on any atom is -0.353 e. The summed E-state index contributed by atoms with van der Waals surface area (Å²) >= 11 is 13.6. The van der Waals surface area contributed by atoms with Crippen molar-refractivity contribution in [1.29, 1.82) is 0 Å². The maximum Gasteiger partial charge on any atom is 0.255 e. The van der Waals surface area contributed by atoms with E-state index in [0.717, 1.165) is 73.5 Å². The second-order valence-corrected chi connectivity index (χ2v) is 15.4. The molecular weight excluding hydrogens is 607 g/mol. The summed E-state index contributed by atoms with van der Waals surface area (Å²) in [6.07, 6.45) is 9.45. The Kier molecular flexibility index (Phi) is 9.10. The molecule has 6 rings (SSSR count). The van der Waals surface area contributed by atoms with Gasteiger partial charge in [-0.25, -0.2) is 9.97 Å². The molecule has 0 saturated heterocycles. The van der Waals surface area contributed by atoms with Crippen molar-refractivity contribution in [3.8, 4) is 0 Å². The number of imidazole rings is 1. The van der Waals surface area contributed by atoms with Crippen LogP contribution in [0.1, 0.15) is 106 Å². The predicted octanol–water partition coefficient (Wildman–Crippen LogP) is 7.22. The maximum absolute atomic E-state index is 13.9. The molecule has 3 aliphatic rings. The smallest absolute Gasteiger partial charge is 0.255 e. The summed E-state index contributed by atoms with van der Waals surface area (Å²) < 4.78 is 1.99. The van der Waals surface area contributed by atoms with Gasteiger partial charge in [0, 0.05) is 49.1 Å². The number of hydrogen-bond acceptors (Lipinski definition) is 5. The number of halogens is 2. The number of aryl methyl sites for hydroxylation is 1. The number of nitrogens with one attached hydrogen (secondary N) is 2. The number of rotatable bonds is 10. The van der Waals surface area contributed by atoms with Gasteiger partial charge in [-0.15, -0.1) is 0 Å². The molecule has 3 aromatic rings. The maximum atomic E-state index is 13.9. The monoisotopic (exact) mass is 652 g/mol. The topological polar surface area (TPSA) is 92.2 Å². The number of anilines is 1. The van der Waals surface area contributed by atoms with Gasteiger partial charge < -0.3 is 20.1 Å². The molecule has 2 heterocycles. The minimum atomic E-state index is -0.501. The molecule has 0 aliphatic heterocycles. The van der Waals surface area contributed by atoms with Gasteiger partial charge in [0.25, 0.3) is 5.91 Å². The molecule has 2 N–H and O–H groups in total. The molecule has 3 fully saturated rings. The Bertz CT molecular complexity index is 1600. The average molecular weight is 654 g/mol. The quantitative estimate of drug-likeness (QED) is 0.241. The van der Waals surface area contributed by atoms with E-state index in [1.54, 1.807) is 0 Å². The van der Waals surface area contributed by atoms with Crippen LogP contribution in [0.3, 0.4) is 0 Å². The van der Waals surface area contributed by atoms with Crippen molar-refractivity contribution in [2.75, 3.05) is 11.4 Å². The Morgan fingerprint density at radius 1 is 1.02 bits per heavy atom. The van der Waals surface area contributed by atoms with Crippen molar-refractivity contribution >= 4 is 52.0 Å². The van der Waals surface area contributed by atoms with Crippen molar-refractivity contribution < 1.29 is 9.59 Å². The Morgan fingerprint density at radius 3 is 2.38 bits per heavy atom. The molecule has 10 heteroatoms. The number of fused-ring (bicyclic) bond motifs is 1. The first kappa shape index (κ1) is 32.1. The number of nitrogens with zero attached hydrogens (tertiary/aromatic N) is 4. The largest absolute Gasteiger partial charge is 0.353 e. The van der Waals surface area contributed by atoms with Crippen LogP contribution in [-0.2, 0) is 24.8 Å². The fourth-order valence-corrected chi connectivity index (χ4v) is 6.85. The fourth-order valence-electron chi connectivity index (χ4n) is 6.28. The standard InChI is InChI=1S/C35H46Cl2N6O2/c1-20-6-11-23(12-7-20)39-33(44)26-16-28-32(41-31(26)43(24-13-14-24)19-21-8-9-21)42(5)29(40-28)17-25-27(36)15-10-22(30(25)37)18-38-34(45)35(2,3)4/h10,15-16,20-21,23-24H,6-9,11-14,17-19H2,1-5H3,(H,38,45)(H,39,44). The van der Waals surface area contributed by atoms with Gasteiger partial charge in [-0.1, -0.05) is 57.0 Å². The lowest BCUT2D eigenvalue weighted by molar-refractivity contribution is -0.128. The van der Waals surface area contributed by atoms with E-state index in [9.17, 15) is 9.59 Å². The van der Waals surface area contributed by atoms with Crippen LogP contribution in [0.15, 0.2) is 18.2 Å². The summed E-state index contributed by atoms with van der Waals surface area (Å²) in [5.41, 5.74) is 3.08. The van der Waals surface area contributed by atoms with E-state index in [4.69, 9.17) is 33.2 Å². The van der Waals surface area contributed by atoms with Crippen LogP contribution in [0.5, 0.6) is 0 Å². The Labute approximate surface area is 276 Å². The average Bonchev–Trinajstić information content (AvgIpc) is 3.93. The van der Waals surface area contributed by atoms with E-state index in [1.807, 2.05) is 50.6 Å². The third-order valence-electron chi connectivity index (χ3n) is 9.65. The molecule has 2 aromatic heterocycles. The summed E-state index contributed by atoms with van der Waals surface area (Å²) in [7, 11) is 1.96. The Morgan fingerprint density at radius 2 is 1.73 bits per heavy atom. The minimum absolute atomic E-state index is 0.0490. The molecule has 1 aromatic carbocycles. The van der Waals surface area contributed by atoms with Crippen molar-refractivity contribution in [3.05, 3.63) is 50.8 Å². The Hall–Kier alpha value is -2.84. The van der Waals surface area contributed by atoms with Crippen LogP contribution in [0.2, 0.25) is 10.0 Å². The van der Waals surface area contributed by atoms with Gasteiger partial charge in [-0.05, 0) is 86.5 Å². The highest BCUT2D eigenvalue weighted by Crippen LogP contribution is 2.39. The van der Waals surface area contributed by atoms with Crippen molar-refractivity contribution in [2.45, 2.75) is 104 Å². The molecule has 0 unspecified atom stereocenters. The molecule has 8 nitrogen and oxygen atoms in total. The van der Waals surface area contributed by atoms with Gasteiger partial charge in [0.15, 0.2) is 5.65 Å². The van der Waals surface area contributed by atoms with Gasteiger partial charge in [-0.2, -0.15) is 0 Å². The Balaban J connectivity index is 1.33. The van der Waals surface area contributed by atoms with E-state index in [1.165, 1.54) is 12.8 Å². The number of benzene rings is 1. The number of hydrogen-bond donors (Lipinski definition) is 2. The van der Waals surface area contributed by atoms with E-state index >= 15 is 0 Å². The zero-order valence-corrected chi connectivity index (χ0v) is 28.7. The summed E-state index contributed by atoms with van der Waals surface area (Å²) in [6, 6.07) is 6.24. The van der Waals surface area contributed by atoms with Crippen LogP contribution in [-0.4, -0.2) is 45.0 Å². The van der Waals surface area contributed by atoms with Gasteiger partial charge in [-0.3, -0.25) is 9.59 Å². The van der Waals surface area contributed by atoms with E-state index in [-0.39, 0.29) is 17.9 Å². The summed E-state index contributed by atoms with van der Waals surface area (Å²) in [5, 5.41) is 7.39. The molecular formula is C35H46Cl2N6O2. The lowest BCUT2D eigenvalue weighted by Crippen LogP contribution is -2.39. The molecule has 242 valence electrons. The van der Waals surface area contributed by atoms with Gasteiger partial charge in [0.1, 0.15) is 17.2 Å². The molecule has 0 radical (unpaired) electrons. The third-order valence-corrected chi connectivity index (χ3v) is 10.5. The summed E-state index contributed by atoms with van der Waals surface area (Å²) in [5.74, 6) is 2.82.